The molecule has 2 aromatic rings. The second-order valence-electron chi connectivity index (χ2n) is 7.89. The predicted octanol–water partition coefficient (Wildman–Crippen LogP) is 4.92. The lowest BCUT2D eigenvalue weighted by atomic mass is 9.65. The van der Waals surface area contributed by atoms with Crippen LogP contribution in [0, 0.1) is 5.92 Å². The Morgan fingerprint density at radius 3 is 2.54 bits per heavy atom. The van der Waals surface area contributed by atoms with Gasteiger partial charge in [-0.1, -0.05) is 61.0 Å². The Morgan fingerprint density at radius 2 is 1.67 bits per heavy atom. The molecule has 24 heavy (non-hydrogen) atoms. The van der Waals surface area contributed by atoms with Crippen molar-refractivity contribution >= 4 is 0 Å². The Kier molecular flexibility index (Phi) is 2.67. The van der Waals surface area contributed by atoms with E-state index in [0.717, 1.165) is 6.42 Å². The Labute approximate surface area is 142 Å². The molecule has 2 bridgehead atoms. The van der Waals surface area contributed by atoms with Crippen molar-refractivity contribution in [3.8, 4) is 0 Å². The molecule has 3 aliphatic heterocycles. The minimum Gasteiger partial charge on any atom is -0.366 e. The predicted molar refractivity (Wildman–Crippen MR) is 91.8 cm³/mol. The molecule has 0 N–H and O–H groups in total. The average molecular weight is 318 g/mol. The zero-order chi connectivity index (χ0) is 15.7. The fourth-order valence-electron chi connectivity index (χ4n) is 6.08. The van der Waals surface area contributed by atoms with Gasteiger partial charge in [0.05, 0.1) is 18.3 Å². The molecule has 0 amide bonds. The molecule has 6 rings (SSSR count). The topological polar surface area (TPSA) is 18.5 Å². The van der Waals surface area contributed by atoms with E-state index in [1.165, 1.54) is 36.0 Å². The van der Waals surface area contributed by atoms with Crippen LogP contribution in [-0.2, 0) is 9.47 Å². The molecular weight excluding hydrogens is 296 g/mol. The maximum absolute atomic E-state index is 6.83. The Hall–Kier alpha value is -1.64. The van der Waals surface area contributed by atoms with E-state index in [4.69, 9.17) is 9.47 Å². The first-order chi connectivity index (χ1) is 11.9. The summed E-state index contributed by atoms with van der Waals surface area (Å²) < 4.78 is 13.5. The Bertz CT molecular complexity index is 786. The van der Waals surface area contributed by atoms with E-state index in [1.807, 2.05) is 0 Å². The molecule has 1 saturated carbocycles. The van der Waals surface area contributed by atoms with E-state index in [9.17, 15) is 0 Å². The molecule has 4 aliphatic rings. The van der Waals surface area contributed by atoms with Gasteiger partial charge in [-0.15, -0.1) is 0 Å². The molecule has 6 atom stereocenters. The van der Waals surface area contributed by atoms with Gasteiger partial charge in [0.15, 0.2) is 0 Å². The fourth-order valence-corrected chi connectivity index (χ4v) is 6.08. The smallest absolute Gasteiger partial charge is 0.108 e. The van der Waals surface area contributed by atoms with Gasteiger partial charge in [-0.05, 0) is 41.9 Å². The summed E-state index contributed by atoms with van der Waals surface area (Å²) in [6.07, 6.45) is 5.54. The zero-order valence-electron chi connectivity index (χ0n) is 13.7. The molecule has 2 aromatic carbocycles. The van der Waals surface area contributed by atoms with Crippen LogP contribution in [0.25, 0.3) is 0 Å². The number of ether oxygens (including phenoxy) is 2. The highest BCUT2D eigenvalue weighted by atomic mass is 16.6. The summed E-state index contributed by atoms with van der Waals surface area (Å²) in [5, 5.41) is 0. The standard InChI is InChI=1S/C22H22O2/c1-2-7-14(8-3-1)21-20-17-11-5-4-10-16(17)18-13-15-9-6-12-19(23-21)22(15,20)24-18/h1-5,7-8,10-11,15,18-21H,6,9,12-13H2/t15-,18+,19-,20-,21?,22+/m1/s1. The molecule has 0 aromatic heterocycles. The number of hydrogen-bond donors (Lipinski definition) is 0. The average Bonchev–Trinajstić information content (AvgIpc) is 3.16. The van der Waals surface area contributed by atoms with Crippen LogP contribution in [0.15, 0.2) is 54.6 Å². The molecule has 1 aliphatic carbocycles. The number of rotatable bonds is 1. The first-order valence-electron chi connectivity index (χ1n) is 9.35. The molecule has 1 unspecified atom stereocenters. The van der Waals surface area contributed by atoms with Crippen molar-refractivity contribution in [2.45, 2.75) is 55.5 Å². The van der Waals surface area contributed by atoms with Gasteiger partial charge < -0.3 is 9.47 Å². The summed E-state index contributed by atoms with van der Waals surface area (Å²) in [6.45, 7) is 0. The third-order valence-electron chi connectivity index (χ3n) is 6.91. The van der Waals surface area contributed by atoms with Crippen LogP contribution in [-0.4, -0.2) is 11.7 Å². The lowest BCUT2D eigenvalue weighted by molar-refractivity contribution is -0.131. The van der Waals surface area contributed by atoms with Crippen LogP contribution < -0.4 is 0 Å². The van der Waals surface area contributed by atoms with E-state index in [1.54, 1.807) is 0 Å². The van der Waals surface area contributed by atoms with Crippen molar-refractivity contribution in [1.29, 1.82) is 0 Å². The van der Waals surface area contributed by atoms with E-state index in [2.05, 4.69) is 54.6 Å². The molecular formula is C22H22O2. The van der Waals surface area contributed by atoms with Gasteiger partial charge >= 0.3 is 0 Å². The van der Waals surface area contributed by atoms with Gasteiger partial charge in [0, 0.05) is 5.92 Å². The van der Waals surface area contributed by atoms with Gasteiger partial charge in [0.2, 0.25) is 0 Å². The SMILES string of the molecule is c1ccc(C2O[C@@H]3CCC[C@@H]4C[C@@H]5O[C@@]43[C@@H]2c2ccccc25)cc1. The van der Waals surface area contributed by atoms with Crippen LogP contribution in [0.2, 0.25) is 0 Å². The van der Waals surface area contributed by atoms with Gasteiger partial charge in [-0.25, -0.2) is 0 Å². The van der Waals surface area contributed by atoms with Crippen LogP contribution in [0.5, 0.6) is 0 Å². The van der Waals surface area contributed by atoms with Crippen LogP contribution in [0.1, 0.15) is 60.5 Å². The largest absolute Gasteiger partial charge is 0.366 e. The monoisotopic (exact) mass is 318 g/mol. The van der Waals surface area contributed by atoms with Crippen molar-refractivity contribution in [3.05, 3.63) is 71.3 Å². The van der Waals surface area contributed by atoms with Crippen molar-refractivity contribution in [3.63, 3.8) is 0 Å². The lowest BCUT2D eigenvalue weighted by Gasteiger charge is -2.45. The normalized spacial score (nSPS) is 41.8. The molecule has 3 fully saturated rings. The van der Waals surface area contributed by atoms with Gasteiger partial charge in [-0.2, -0.15) is 0 Å². The minimum absolute atomic E-state index is 0.0855. The molecule has 2 nitrogen and oxygen atoms in total. The third-order valence-corrected chi connectivity index (χ3v) is 6.91. The van der Waals surface area contributed by atoms with Gasteiger partial charge in [-0.3, -0.25) is 0 Å². The fraction of sp³-hybridized carbons (Fsp3) is 0.455. The molecule has 0 radical (unpaired) electrons. The zero-order valence-corrected chi connectivity index (χ0v) is 13.7. The summed E-state index contributed by atoms with van der Waals surface area (Å²) in [5.41, 5.74) is 4.11. The summed E-state index contributed by atoms with van der Waals surface area (Å²) in [6, 6.07) is 19.7. The second kappa shape index (κ2) is 4.71. The highest BCUT2D eigenvalue weighted by Gasteiger charge is 2.69. The molecule has 1 spiro atoms. The molecule has 3 heterocycles. The Balaban J connectivity index is 1.59. The van der Waals surface area contributed by atoms with Crippen molar-refractivity contribution in [2.24, 2.45) is 5.92 Å². The number of benzene rings is 2. The molecule has 2 saturated heterocycles. The van der Waals surface area contributed by atoms with Crippen LogP contribution in [0.3, 0.4) is 0 Å². The Morgan fingerprint density at radius 1 is 0.875 bits per heavy atom. The summed E-state index contributed by atoms with van der Waals surface area (Å²) in [4.78, 5) is 0. The maximum atomic E-state index is 6.83. The summed E-state index contributed by atoms with van der Waals surface area (Å²) in [5.74, 6) is 0.984. The first-order valence-corrected chi connectivity index (χ1v) is 9.35. The second-order valence-corrected chi connectivity index (χ2v) is 7.89. The number of hydrogen-bond acceptors (Lipinski definition) is 2. The van der Waals surface area contributed by atoms with Crippen molar-refractivity contribution in [2.75, 3.05) is 0 Å². The van der Waals surface area contributed by atoms with Crippen molar-refractivity contribution < 1.29 is 9.47 Å². The number of fused-ring (bicyclic) bond motifs is 4. The van der Waals surface area contributed by atoms with Crippen molar-refractivity contribution in [1.82, 2.24) is 0 Å². The maximum Gasteiger partial charge on any atom is 0.108 e. The van der Waals surface area contributed by atoms with E-state index < -0.39 is 0 Å². The highest BCUT2D eigenvalue weighted by molar-refractivity contribution is 5.44. The van der Waals surface area contributed by atoms with Crippen LogP contribution >= 0.6 is 0 Å². The summed E-state index contributed by atoms with van der Waals surface area (Å²) >= 11 is 0. The summed E-state index contributed by atoms with van der Waals surface area (Å²) in [7, 11) is 0. The van der Waals surface area contributed by atoms with Crippen LogP contribution in [0.4, 0.5) is 0 Å². The first kappa shape index (κ1) is 13.6. The lowest BCUT2D eigenvalue weighted by Crippen LogP contribution is -2.51. The van der Waals surface area contributed by atoms with Gasteiger partial charge in [0.25, 0.3) is 0 Å². The van der Waals surface area contributed by atoms with E-state index >= 15 is 0 Å². The quantitative estimate of drug-likeness (QED) is 0.742. The highest BCUT2D eigenvalue weighted by Crippen LogP contribution is 2.68. The van der Waals surface area contributed by atoms with E-state index in [0.29, 0.717) is 11.8 Å². The molecule has 2 heteroatoms. The van der Waals surface area contributed by atoms with Gasteiger partial charge in [0.1, 0.15) is 5.60 Å². The molecule has 122 valence electrons. The third kappa shape index (κ3) is 1.54. The minimum atomic E-state index is -0.0855. The van der Waals surface area contributed by atoms with E-state index in [-0.39, 0.29) is 23.9 Å².